The number of thiazole rings is 1. The van der Waals surface area contributed by atoms with E-state index in [0.29, 0.717) is 11.6 Å². The maximum Gasteiger partial charge on any atom is 0.243 e. The fourth-order valence-corrected chi connectivity index (χ4v) is 4.46. The zero-order chi connectivity index (χ0) is 17.7. The van der Waals surface area contributed by atoms with Crippen LogP contribution in [0.4, 0.5) is 5.13 Å². The lowest BCUT2D eigenvalue weighted by Crippen LogP contribution is -2.38. The Labute approximate surface area is 146 Å². The van der Waals surface area contributed by atoms with Crippen LogP contribution in [-0.4, -0.2) is 36.7 Å². The summed E-state index contributed by atoms with van der Waals surface area (Å²) in [6, 6.07) is 8.15. The summed E-state index contributed by atoms with van der Waals surface area (Å²) in [4.78, 5) is 17.7. The molecular formula is C16H21N3O3S2. The summed E-state index contributed by atoms with van der Waals surface area (Å²) in [7, 11) is -3.70. The number of carbonyl (C=O) groups excluding carboxylic acids is 1. The molecule has 1 aromatic heterocycles. The summed E-state index contributed by atoms with van der Waals surface area (Å²) in [5, 5.41) is 3.17. The molecule has 2 aromatic rings. The number of rotatable bonds is 7. The van der Waals surface area contributed by atoms with Gasteiger partial charge >= 0.3 is 0 Å². The average molecular weight is 367 g/mol. The molecule has 0 unspecified atom stereocenters. The van der Waals surface area contributed by atoms with Crippen molar-refractivity contribution in [2.75, 3.05) is 18.4 Å². The highest BCUT2D eigenvalue weighted by atomic mass is 32.2. The Hall–Kier alpha value is -1.77. The third kappa shape index (κ3) is 4.40. The van der Waals surface area contributed by atoms with Crippen LogP contribution in [0, 0.1) is 13.8 Å². The molecule has 1 aromatic carbocycles. The summed E-state index contributed by atoms with van der Waals surface area (Å²) in [6.07, 6.45) is 0.620. The second-order valence-electron chi connectivity index (χ2n) is 5.36. The number of amides is 1. The van der Waals surface area contributed by atoms with E-state index in [4.69, 9.17) is 0 Å². The van der Waals surface area contributed by atoms with Gasteiger partial charge in [-0.05, 0) is 32.4 Å². The monoisotopic (exact) mass is 367 g/mol. The van der Waals surface area contributed by atoms with Crippen LogP contribution in [0.25, 0.3) is 0 Å². The molecule has 0 radical (unpaired) electrons. The zero-order valence-corrected chi connectivity index (χ0v) is 15.6. The normalized spacial score (nSPS) is 11.7. The van der Waals surface area contributed by atoms with Crippen molar-refractivity contribution in [3.63, 3.8) is 0 Å². The second-order valence-corrected chi connectivity index (χ2v) is 8.50. The van der Waals surface area contributed by atoms with Gasteiger partial charge in [-0.2, -0.15) is 4.31 Å². The lowest BCUT2D eigenvalue weighted by Gasteiger charge is -2.20. The minimum atomic E-state index is -3.70. The van der Waals surface area contributed by atoms with Gasteiger partial charge in [0, 0.05) is 11.4 Å². The van der Waals surface area contributed by atoms with E-state index in [-0.39, 0.29) is 18.0 Å². The Morgan fingerprint density at radius 3 is 2.46 bits per heavy atom. The Morgan fingerprint density at radius 2 is 1.92 bits per heavy atom. The van der Waals surface area contributed by atoms with Gasteiger partial charge < -0.3 is 5.32 Å². The third-order valence-corrected chi connectivity index (χ3v) is 6.30. The maximum absolute atomic E-state index is 12.7. The first kappa shape index (κ1) is 18.6. The van der Waals surface area contributed by atoms with Crippen LogP contribution in [0.15, 0.2) is 35.2 Å². The third-order valence-electron chi connectivity index (χ3n) is 3.45. The molecule has 0 atom stereocenters. The molecule has 2 rings (SSSR count). The lowest BCUT2D eigenvalue weighted by molar-refractivity contribution is -0.116. The minimum Gasteiger partial charge on any atom is -0.301 e. The van der Waals surface area contributed by atoms with Crippen molar-refractivity contribution in [1.29, 1.82) is 0 Å². The number of hydrogen-bond acceptors (Lipinski definition) is 5. The van der Waals surface area contributed by atoms with Gasteiger partial charge in [0.25, 0.3) is 0 Å². The Kier molecular flexibility index (Phi) is 6.09. The van der Waals surface area contributed by atoms with E-state index in [1.807, 2.05) is 20.8 Å². The number of anilines is 1. The van der Waals surface area contributed by atoms with E-state index < -0.39 is 15.9 Å². The molecule has 1 heterocycles. The van der Waals surface area contributed by atoms with Crippen LogP contribution in [0.3, 0.4) is 0 Å². The highest BCUT2D eigenvalue weighted by Crippen LogP contribution is 2.21. The van der Waals surface area contributed by atoms with E-state index in [9.17, 15) is 13.2 Å². The summed E-state index contributed by atoms with van der Waals surface area (Å²) in [5.41, 5.74) is 0.859. The quantitative estimate of drug-likeness (QED) is 0.816. The van der Waals surface area contributed by atoms with E-state index in [1.54, 1.807) is 18.2 Å². The predicted molar refractivity (Wildman–Crippen MR) is 95.7 cm³/mol. The second kappa shape index (κ2) is 7.87. The van der Waals surface area contributed by atoms with Crippen LogP contribution in [0.5, 0.6) is 0 Å². The van der Waals surface area contributed by atoms with Crippen molar-refractivity contribution in [3.8, 4) is 0 Å². The summed E-state index contributed by atoms with van der Waals surface area (Å²) in [6.45, 7) is 5.71. The number of nitrogens with zero attached hydrogens (tertiary/aromatic N) is 2. The fraction of sp³-hybridized carbons (Fsp3) is 0.375. The Morgan fingerprint density at radius 1 is 1.25 bits per heavy atom. The smallest absolute Gasteiger partial charge is 0.243 e. The first-order valence-electron chi connectivity index (χ1n) is 7.63. The Bertz CT molecular complexity index is 782. The molecule has 0 aliphatic carbocycles. The number of aromatic nitrogens is 1. The van der Waals surface area contributed by atoms with Gasteiger partial charge in [-0.3, -0.25) is 4.79 Å². The number of benzene rings is 1. The largest absolute Gasteiger partial charge is 0.301 e. The van der Waals surface area contributed by atoms with Gasteiger partial charge in [-0.1, -0.05) is 25.1 Å². The molecule has 0 aliphatic rings. The molecule has 1 amide bonds. The van der Waals surface area contributed by atoms with Crippen molar-refractivity contribution >= 4 is 32.4 Å². The van der Waals surface area contributed by atoms with Gasteiger partial charge in [-0.15, -0.1) is 11.3 Å². The molecule has 6 nitrogen and oxygen atoms in total. The predicted octanol–water partition coefficient (Wildman–Crippen LogP) is 2.80. The Balaban J connectivity index is 2.14. The van der Waals surface area contributed by atoms with Crippen LogP contribution in [0.2, 0.25) is 0 Å². The average Bonchev–Trinajstić information content (AvgIpc) is 2.85. The molecular weight excluding hydrogens is 346 g/mol. The number of carbonyl (C=O) groups is 1. The lowest BCUT2D eigenvalue weighted by atomic mass is 10.4. The van der Waals surface area contributed by atoms with Crippen molar-refractivity contribution in [2.24, 2.45) is 0 Å². The number of nitrogens with one attached hydrogen (secondary N) is 1. The molecule has 0 saturated carbocycles. The van der Waals surface area contributed by atoms with Crippen molar-refractivity contribution in [2.45, 2.75) is 32.1 Å². The van der Waals surface area contributed by atoms with Crippen LogP contribution >= 0.6 is 11.3 Å². The molecule has 0 bridgehead atoms. The minimum absolute atomic E-state index is 0.187. The van der Waals surface area contributed by atoms with Gasteiger partial charge in [0.05, 0.1) is 17.1 Å². The first-order valence-corrected chi connectivity index (χ1v) is 9.89. The van der Waals surface area contributed by atoms with E-state index in [2.05, 4.69) is 10.3 Å². The topological polar surface area (TPSA) is 79.4 Å². The van der Waals surface area contributed by atoms with Crippen LogP contribution in [0.1, 0.15) is 23.9 Å². The van der Waals surface area contributed by atoms with Crippen molar-refractivity contribution in [3.05, 3.63) is 40.9 Å². The van der Waals surface area contributed by atoms with Gasteiger partial charge in [0.1, 0.15) is 0 Å². The molecule has 130 valence electrons. The highest BCUT2D eigenvalue weighted by Gasteiger charge is 2.26. The van der Waals surface area contributed by atoms with E-state index >= 15 is 0 Å². The van der Waals surface area contributed by atoms with Gasteiger partial charge in [0.2, 0.25) is 15.9 Å². The fourth-order valence-electron chi connectivity index (χ4n) is 2.12. The van der Waals surface area contributed by atoms with Crippen LogP contribution < -0.4 is 5.32 Å². The van der Waals surface area contributed by atoms with Crippen molar-refractivity contribution < 1.29 is 13.2 Å². The van der Waals surface area contributed by atoms with E-state index in [1.165, 1.54) is 27.8 Å². The van der Waals surface area contributed by atoms with Gasteiger partial charge in [0.15, 0.2) is 5.13 Å². The summed E-state index contributed by atoms with van der Waals surface area (Å²) >= 11 is 1.38. The van der Waals surface area contributed by atoms with E-state index in [0.717, 1.165) is 10.6 Å². The molecule has 24 heavy (non-hydrogen) atoms. The molecule has 0 fully saturated rings. The number of aryl methyl sites for hydroxylation is 2. The summed E-state index contributed by atoms with van der Waals surface area (Å²) in [5.74, 6) is -0.392. The summed E-state index contributed by atoms with van der Waals surface area (Å²) < 4.78 is 26.6. The van der Waals surface area contributed by atoms with Gasteiger partial charge in [-0.25, -0.2) is 13.4 Å². The zero-order valence-electron chi connectivity index (χ0n) is 13.9. The molecule has 0 spiro atoms. The molecule has 8 heteroatoms. The van der Waals surface area contributed by atoms with Crippen LogP contribution in [-0.2, 0) is 14.8 Å². The molecule has 0 aliphatic heterocycles. The number of sulfonamides is 1. The molecule has 1 N–H and O–H groups in total. The maximum atomic E-state index is 12.7. The SMILES string of the molecule is CCCN(CC(=O)Nc1nc(C)c(C)s1)S(=O)(=O)c1ccccc1. The highest BCUT2D eigenvalue weighted by molar-refractivity contribution is 7.89. The van der Waals surface area contributed by atoms with Crippen molar-refractivity contribution in [1.82, 2.24) is 9.29 Å². The first-order chi connectivity index (χ1) is 11.3. The number of hydrogen-bond donors (Lipinski definition) is 1. The molecule has 0 saturated heterocycles. The standard InChI is InChI=1S/C16H21N3O3S2/c1-4-10-19(24(21,22)14-8-6-5-7-9-14)11-15(20)18-16-17-12(2)13(3)23-16/h5-9H,4,10-11H2,1-3H3,(H,17,18,20).